The number of carbonyl (C=O) groups excluding carboxylic acids is 2. The predicted molar refractivity (Wildman–Crippen MR) is 148 cm³/mol. The maximum absolute atomic E-state index is 12.8. The second-order valence-electron chi connectivity index (χ2n) is 9.05. The number of benzene rings is 2. The lowest BCUT2D eigenvalue weighted by Crippen LogP contribution is -2.48. The van der Waals surface area contributed by atoms with Crippen LogP contribution in [0.25, 0.3) is 6.08 Å². The number of ether oxygens (including phenoxy) is 1. The number of nitrogens with one attached hydrogen (secondary N) is 2. The normalized spacial score (nSPS) is 14.6. The second kappa shape index (κ2) is 15.6. The van der Waals surface area contributed by atoms with Gasteiger partial charge in [-0.05, 0) is 35.8 Å². The van der Waals surface area contributed by atoms with E-state index >= 15 is 0 Å². The van der Waals surface area contributed by atoms with Crippen LogP contribution in [0.4, 0.5) is 0 Å². The number of carbonyl (C=O) groups is 3. The van der Waals surface area contributed by atoms with Crippen LogP contribution in [0.1, 0.15) is 31.4 Å². The van der Waals surface area contributed by atoms with E-state index in [1.54, 1.807) is 24.3 Å². The Kier molecular flexibility index (Phi) is 12.6. The van der Waals surface area contributed by atoms with E-state index in [0.29, 0.717) is 16.3 Å². The summed E-state index contributed by atoms with van der Waals surface area (Å²) in [6.07, 6.45) is 6.35. The van der Waals surface area contributed by atoms with Gasteiger partial charge < -0.3 is 25.6 Å². The molecule has 38 heavy (non-hydrogen) atoms. The van der Waals surface area contributed by atoms with Crippen molar-refractivity contribution < 1.29 is 29.3 Å². The zero-order chi connectivity index (χ0) is 28.1. The van der Waals surface area contributed by atoms with Crippen molar-refractivity contribution in [1.29, 1.82) is 0 Å². The Bertz CT molecular complexity index is 1140. The first-order chi connectivity index (χ1) is 18.1. The molecule has 0 aromatic heterocycles. The van der Waals surface area contributed by atoms with E-state index in [9.17, 15) is 19.5 Å². The average molecular weight is 543 g/mol. The van der Waals surface area contributed by atoms with Gasteiger partial charge in [-0.2, -0.15) is 0 Å². The number of rotatable bonds is 14. The fourth-order valence-corrected chi connectivity index (χ4v) is 3.73. The van der Waals surface area contributed by atoms with Crippen LogP contribution in [0.5, 0.6) is 5.75 Å². The largest absolute Gasteiger partial charge is 0.495 e. The van der Waals surface area contributed by atoms with Gasteiger partial charge in [-0.25, -0.2) is 0 Å². The summed E-state index contributed by atoms with van der Waals surface area (Å²) < 4.78 is 5.15. The molecular weight excluding hydrogens is 508 g/mol. The zero-order valence-electron chi connectivity index (χ0n) is 21.8. The van der Waals surface area contributed by atoms with Gasteiger partial charge in [0.05, 0.1) is 24.2 Å². The molecule has 0 aliphatic carbocycles. The molecular formula is C29H35ClN2O6. The summed E-state index contributed by atoms with van der Waals surface area (Å²) in [5.74, 6) is -2.53. The molecule has 2 amide bonds. The van der Waals surface area contributed by atoms with E-state index in [4.69, 9.17) is 21.4 Å². The monoisotopic (exact) mass is 542 g/mol. The topological polar surface area (TPSA) is 125 Å². The van der Waals surface area contributed by atoms with E-state index in [0.717, 1.165) is 5.56 Å². The number of methoxy groups -OCH3 is 1. The van der Waals surface area contributed by atoms with E-state index in [-0.39, 0.29) is 25.3 Å². The third-order valence-electron chi connectivity index (χ3n) is 5.94. The van der Waals surface area contributed by atoms with Crippen molar-refractivity contribution in [2.45, 2.75) is 38.8 Å². The molecule has 0 radical (unpaired) electrons. The van der Waals surface area contributed by atoms with Crippen molar-refractivity contribution in [2.24, 2.45) is 11.8 Å². The molecule has 0 fully saturated rings. The first kappa shape index (κ1) is 30.6. The molecule has 0 bridgehead atoms. The highest BCUT2D eigenvalue weighted by Crippen LogP contribution is 2.25. The number of hydrogen-bond donors (Lipinski definition) is 4. The summed E-state index contributed by atoms with van der Waals surface area (Å²) in [6, 6.07) is 13.8. The van der Waals surface area contributed by atoms with Crippen molar-refractivity contribution in [3.63, 3.8) is 0 Å². The van der Waals surface area contributed by atoms with Crippen molar-refractivity contribution in [1.82, 2.24) is 10.6 Å². The number of aliphatic hydroxyl groups is 1. The van der Waals surface area contributed by atoms with Gasteiger partial charge in [-0.1, -0.05) is 80.1 Å². The van der Waals surface area contributed by atoms with Crippen LogP contribution in [0.15, 0.2) is 66.8 Å². The highest BCUT2D eigenvalue weighted by molar-refractivity contribution is 6.32. The maximum atomic E-state index is 12.8. The molecule has 9 heteroatoms. The minimum atomic E-state index is -1.04. The van der Waals surface area contributed by atoms with Crippen LogP contribution in [-0.2, 0) is 20.8 Å². The molecule has 0 unspecified atom stereocenters. The lowest BCUT2D eigenvalue weighted by Gasteiger charge is -2.19. The Labute approximate surface area is 228 Å². The molecule has 2 aromatic carbocycles. The summed E-state index contributed by atoms with van der Waals surface area (Å²) in [6.45, 7) is 3.28. The standard InChI is InChI=1S/C29H35ClN2O6/c1-19(12-13-21-8-5-4-6-9-21)25(33)10-7-11-27(34)32-24(28(35)31-18-20(2)29(36)37)17-22-14-15-26(38-3)23(30)16-22/h4-9,11-16,19-20,24-25,33H,10,17-18H2,1-3H3,(H,31,35)(H,32,34)(H,36,37)/b11-7+,13-12+/t19-,20-,24-,25+/m1/s1. The van der Waals surface area contributed by atoms with Gasteiger partial charge in [0.15, 0.2) is 0 Å². The summed E-state index contributed by atoms with van der Waals surface area (Å²) in [7, 11) is 1.49. The van der Waals surface area contributed by atoms with Crippen molar-refractivity contribution in [3.05, 3.63) is 82.9 Å². The number of hydrogen-bond acceptors (Lipinski definition) is 5. The van der Waals surface area contributed by atoms with Crippen LogP contribution in [0.2, 0.25) is 5.02 Å². The number of halogens is 1. The van der Waals surface area contributed by atoms with Crippen LogP contribution in [0.3, 0.4) is 0 Å². The first-order valence-corrected chi connectivity index (χ1v) is 12.7. The summed E-state index contributed by atoms with van der Waals surface area (Å²) in [5.41, 5.74) is 1.71. The van der Waals surface area contributed by atoms with Gasteiger partial charge in [0, 0.05) is 18.9 Å². The summed E-state index contributed by atoms with van der Waals surface area (Å²) in [5, 5.41) is 25.1. The molecule has 0 aliphatic heterocycles. The molecule has 0 spiro atoms. The van der Waals surface area contributed by atoms with E-state index < -0.39 is 35.8 Å². The Morgan fingerprint density at radius 3 is 2.45 bits per heavy atom. The van der Waals surface area contributed by atoms with Crippen molar-refractivity contribution >= 4 is 35.5 Å². The fourth-order valence-electron chi connectivity index (χ4n) is 3.45. The number of aliphatic hydroxyl groups excluding tert-OH is 1. The predicted octanol–water partition coefficient (Wildman–Crippen LogP) is 3.87. The highest BCUT2D eigenvalue weighted by Gasteiger charge is 2.22. The van der Waals surface area contributed by atoms with E-state index in [2.05, 4.69) is 10.6 Å². The quantitative estimate of drug-likeness (QED) is 0.269. The fraction of sp³-hybridized carbons (Fsp3) is 0.345. The first-order valence-electron chi connectivity index (χ1n) is 12.3. The summed E-state index contributed by atoms with van der Waals surface area (Å²) >= 11 is 6.20. The van der Waals surface area contributed by atoms with Crippen LogP contribution in [-0.4, -0.2) is 53.8 Å². The lowest BCUT2D eigenvalue weighted by molar-refractivity contribution is -0.141. The van der Waals surface area contributed by atoms with Crippen LogP contribution in [0, 0.1) is 11.8 Å². The minimum absolute atomic E-state index is 0.0830. The molecule has 0 aliphatic rings. The number of carboxylic acid groups (broad SMARTS) is 1. The maximum Gasteiger partial charge on any atom is 0.308 e. The number of aliphatic carboxylic acids is 1. The third kappa shape index (κ3) is 10.4. The zero-order valence-corrected chi connectivity index (χ0v) is 22.5. The Hall–Kier alpha value is -3.62. The van der Waals surface area contributed by atoms with Crippen molar-refractivity contribution in [3.8, 4) is 5.75 Å². The van der Waals surface area contributed by atoms with Gasteiger partial charge in [-0.15, -0.1) is 0 Å². The van der Waals surface area contributed by atoms with Crippen molar-refractivity contribution in [2.75, 3.05) is 13.7 Å². The Morgan fingerprint density at radius 2 is 1.82 bits per heavy atom. The van der Waals surface area contributed by atoms with E-state index in [1.807, 2.05) is 49.4 Å². The molecule has 2 rings (SSSR count). The van der Waals surface area contributed by atoms with Gasteiger partial charge in [0.2, 0.25) is 11.8 Å². The SMILES string of the molecule is COc1ccc(C[C@@H](NC(=O)/C=C/C[C@H](O)[C@H](C)/C=C/c2ccccc2)C(=O)NC[C@@H](C)C(=O)O)cc1Cl. The molecule has 8 nitrogen and oxygen atoms in total. The highest BCUT2D eigenvalue weighted by atomic mass is 35.5. The van der Waals surface area contributed by atoms with Gasteiger partial charge in [0.25, 0.3) is 0 Å². The molecule has 4 N–H and O–H groups in total. The molecule has 204 valence electrons. The third-order valence-corrected chi connectivity index (χ3v) is 6.23. The van der Waals surface area contributed by atoms with Gasteiger partial charge in [-0.3, -0.25) is 14.4 Å². The number of amides is 2. The molecule has 4 atom stereocenters. The molecule has 2 aromatic rings. The van der Waals surface area contributed by atoms with E-state index in [1.165, 1.54) is 20.1 Å². The average Bonchev–Trinajstić information content (AvgIpc) is 2.90. The molecule has 0 heterocycles. The van der Waals surface area contributed by atoms with Crippen LogP contribution >= 0.6 is 11.6 Å². The smallest absolute Gasteiger partial charge is 0.308 e. The lowest BCUT2D eigenvalue weighted by atomic mass is 10.00. The summed E-state index contributed by atoms with van der Waals surface area (Å²) in [4.78, 5) is 36.5. The van der Waals surface area contributed by atoms with Gasteiger partial charge >= 0.3 is 5.97 Å². The van der Waals surface area contributed by atoms with Gasteiger partial charge in [0.1, 0.15) is 11.8 Å². The Balaban J connectivity index is 2.01. The Morgan fingerprint density at radius 1 is 1.11 bits per heavy atom. The molecule has 0 saturated carbocycles. The second-order valence-corrected chi connectivity index (χ2v) is 9.46. The molecule has 0 saturated heterocycles. The van der Waals surface area contributed by atoms with Crippen LogP contribution < -0.4 is 15.4 Å². The minimum Gasteiger partial charge on any atom is -0.495 e. The number of carboxylic acids is 1.